The molecule has 0 saturated carbocycles. The molecule has 0 aliphatic rings. The van der Waals surface area contributed by atoms with Crippen molar-refractivity contribution in [3.05, 3.63) is 52.3 Å². The van der Waals surface area contributed by atoms with Gasteiger partial charge in [0.1, 0.15) is 12.5 Å². The number of carbonyl (C=O) groups is 1. The van der Waals surface area contributed by atoms with Gasteiger partial charge in [-0.2, -0.15) is 0 Å². The van der Waals surface area contributed by atoms with Crippen LogP contribution < -0.4 is 19.1 Å². The molecule has 0 fully saturated rings. The summed E-state index contributed by atoms with van der Waals surface area (Å²) in [4.78, 5) is 13.0. The highest BCUT2D eigenvalue weighted by Crippen LogP contribution is 2.36. The van der Waals surface area contributed by atoms with Crippen molar-refractivity contribution in [3.8, 4) is 11.5 Å². The lowest BCUT2D eigenvalue weighted by atomic mass is 10.1. The predicted molar refractivity (Wildman–Crippen MR) is 216 cm³/mol. The summed E-state index contributed by atoms with van der Waals surface area (Å²) in [7, 11) is -8.79. The van der Waals surface area contributed by atoms with E-state index in [4.69, 9.17) is 23.4 Å². The molecule has 1 atom stereocenters. The molecule has 0 aliphatic heterocycles. The minimum absolute atomic E-state index is 0.0341. The number of ether oxygens (including phenoxy) is 4. The summed E-state index contributed by atoms with van der Waals surface area (Å²) in [5.74, 6) is -0.747. The fourth-order valence-corrected chi connectivity index (χ4v) is 10.4. The van der Waals surface area contributed by atoms with Gasteiger partial charge in [-0.3, -0.25) is 4.79 Å². The molecule has 0 saturated heterocycles. The number of benzene rings is 2. The molecule has 1 amide bonds. The number of nitrogens with zero attached hydrogens (tertiary/aromatic N) is 1. The van der Waals surface area contributed by atoms with Crippen LogP contribution in [0.4, 0.5) is 10.1 Å². The fraction of sp³-hybridized carbons (Fsp3) is 0.629. The van der Waals surface area contributed by atoms with E-state index in [1.165, 1.54) is 16.4 Å². The molecular weight excluding hydrogens is 792 g/mol. The number of carbonyl (C=O) groups excluding carboxylic acids is 1. The van der Waals surface area contributed by atoms with Crippen LogP contribution in [0.15, 0.2) is 40.9 Å². The van der Waals surface area contributed by atoms with Crippen molar-refractivity contribution in [1.82, 2.24) is 5.32 Å². The Kier molecular flexibility index (Phi) is 18.3. The van der Waals surface area contributed by atoms with E-state index in [1.807, 2.05) is 6.07 Å². The summed E-state index contributed by atoms with van der Waals surface area (Å²) in [5.41, 5.74) is 0.961. The maximum Gasteiger partial charge on any atom is 0.258 e. The number of hydrogen-bond donors (Lipinski definition) is 1. The third-order valence-corrected chi connectivity index (χ3v) is 18.2. The lowest BCUT2D eigenvalue weighted by molar-refractivity contribution is -0.123. The molecule has 0 bridgehead atoms. The van der Waals surface area contributed by atoms with Crippen LogP contribution in [0.3, 0.4) is 0 Å². The van der Waals surface area contributed by atoms with Gasteiger partial charge in [0.15, 0.2) is 33.3 Å². The summed E-state index contributed by atoms with van der Waals surface area (Å²) < 4.78 is 72.9. The molecule has 0 radical (unpaired) electrons. The number of amides is 1. The number of rotatable bonds is 24. The maximum absolute atomic E-state index is 14.3. The molecule has 51 heavy (non-hydrogen) atoms. The van der Waals surface area contributed by atoms with Crippen LogP contribution in [0.25, 0.3) is 0 Å². The number of sulfonamides is 1. The number of nitrogens with one attached hydrogen (secondary N) is 1. The van der Waals surface area contributed by atoms with Crippen LogP contribution in [-0.2, 0) is 28.7 Å². The first-order valence-electron chi connectivity index (χ1n) is 17.6. The average molecular weight is 852 g/mol. The second-order valence-corrected chi connectivity index (χ2v) is 34.0. The van der Waals surface area contributed by atoms with E-state index in [0.717, 1.165) is 36.5 Å². The topological polar surface area (TPSA) is 113 Å². The van der Waals surface area contributed by atoms with Crippen molar-refractivity contribution in [2.45, 2.75) is 96.4 Å². The summed E-state index contributed by atoms with van der Waals surface area (Å²) in [6, 6.07) is 14.1. The van der Waals surface area contributed by atoms with Gasteiger partial charge in [-0.15, -0.1) is 0 Å². The van der Waals surface area contributed by atoms with E-state index in [0.29, 0.717) is 34.7 Å². The minimum atomic E-state index is -3.82. The first kappa shape index (κ1) is 45.4. The number of hydrogen-bond acceptors (Lipinski definition) is 8. The van der Waals surface area contributed by atoms with Crippen molar-refractivity contribution in [2.75, 3.05) is 50.5 Å². The Hall–Kier alpha value is -1.80. The highest BCUT2D eigenvalue weighted by Gasteiger charge is 2.34. The van der Waals surface area contributed by atoms with E-state index in [2.05, 4.69) is 81.3 Å². The summed E-state index contributed by atoms with van der Waals surface area (Å²) >= 11 is 3.22. The Labute approximate surface area is 317 Å². The Morgan fingerprint density at radius 3 is 2.02 bits per heavy atom. The van der Waals surface area contributed by atoms with Gasteiger partial charge in [-0.1, -0.05) is 82.0 Å². The molecule has 2 aromatic carbocycles. The standard InChI is InChI=1S/C35H60BrFN2O8SSi3/c1-11-51(12-2,13-3)47-34(24-38-35(40)25-45-32-17-15-29(36)23-30(32)37)28-14-16-33(46-27-44-19-21-50(8,9)10)31(22-28)39(48(4,41)42)26-43-18-20-49(5,6)7/h14-17,22-23,34H,11-13,18-21,24-27H2,1-10H3,(H,38,40)/t34-/m0/s1. The van der Waals surface area contributed by atoms with Gasteiger partial charge < -0.3 is 28.7 Å². The SMILES string of the molecule is CC[Si](CC)(CC)O[C@@H](CNC(=O)COc1ccc(Br)cc1F)c1ccc(OCOCC[Si](C)(C)C)c(N(COCC[Si](C)(C)C)S(C)(=O)=O)c1. The zero-order chi connectivity index (χ0) is 38.5. The Morgan fingerprint density at radius 1 is 0.882 bits per heavy atom. The van der Waals surface area contributed by atoms with Crippen LogP contribution >= 0.6 is 15.9 Å². The van der Waals surface area contributed by atoms with Gasteiger partial charge in [0.25, 0.3) is 5.91 Å². The van der Waals surface area contributed by atoms with E-state index >= 15 is 0 Å². The molecule has 290 valence electrons. The zero-order valence-electron chi connectivity index (χ0n) is 32.2. The van der Waals surface area contributed by atoms with Gasteiger partial charge in [0.05, 0.1) is 18.0 Å². The predicted octanol–water partition coefficient (Wildman–Crippen LogP) is 8.62. The third kappa shape index (κ3) is 16.4. The van der Waals surface area contributed by atoms with Gasteiger partial charge in [0.2, 0.25) is 10.0 Å². The molecule has 0 heterocycles. The number of halogens is 2. The van der Waals surface area contributed by atoms with Crippen molar-refractivity contribution in [2.24, 2.45) is 0 Å². The van der Waals surface area contributed by atoms with Crippen LogP contribution in [0.1, 0.15) is 32.4 Å². The third-order valence-electron chi connectivity index (χ3n) is 8.59. The minimum Gasteiger partial charge on any atom is -0.481 e. The summed E-state index contributed by atoms with van der Waals surface area (Å²) in [6.45, 7) is 20.3. The van der Waals surface area contributed by atoms with Crippen LogP contribution in [0.2, 0.25) is 69.5 Å². The highest BCUT2D eigenvalue weighted by molar-refractivity contribution is 9.10. The van der Waals surface area contributed by atoms with Crippen molar-refractivity contribution < 1.29 is 41.0 Å². The van der Waals surface area contributed by atoms with Gasteiger partial charge in [-0.05, 0) is 66.1 Å². The average Bonchev–Trinajstić information content (AvgIpc) is 3.03. The largest absolute Gasteiger partial charge is 0.481 e. The smallest absolute Gasteiger partial charge is 0.258 e. The van der Waals surface area contributed by atoms with Crippen molar-refractivity contribution in [3.63, 3.8) is 0 Å². The Morgan fingerprint density at radius 2 is 1.47 bits per heavy atom. The fourth-order valence-electron chi connectivity index (χ4n) is 4.99. The normalized spacial score (nSPS) is 13.2. The zero-order valence-corrected chi connectivity index (χ0v) is 37.6. The quantitative estimate of drug-likeness (QED) is 0.0635. The van der Waals surface area contributed by atoms with Crippen LogP contribution in [0.5, 0.6) is 11.5 Å². The lowest BCUT2D eigenvalue weighted by Gasteiger charge is -2.34. The monoisotopic (exact) mass is 850 g/mol. The van der Waals surface area contributed by atoms with Crippen LogP contribution in [-0.4, -0.2) is 84.9 Å². The molecule has 0 spiro atoms. The van der Waals surface area contributed by atoms with E-state index in [-0.39, 0.29) is 25.8 Å². The molecule has 1 N–H and O–H groups in total. The molecule has 0 unspecified atom stereocenters. The van der Waals surface area contributed by atoms with Gasteiger partial charge >= 0.3 is 0 Å². The second kappa shape index (κ2) is 20.6. The Balaban J connectivity index is 2.47. The number of anilines is 1. The molecule has 2 rings (SSSR count). The van der Waals surface area contributed by atoms with E-state index in [9.17, 15) is 17.6 Å². The van der Waals surface area contributed by atoms with Crippen molar-refractivity contribution in [1.29, 1.82) is 0 Å². The molecular formula is C35H60BrFN2O8SSi3. The maximum atomic E-state index is 14.3. The molecule has 16 heteroatoms. The molecule has 2 aromatic rings. The summed E-state index contributed by atoms with van der Waals surface area (Å²) in [5, 5.41) is 2.89. The second-order valence-electron chi connectivity index (χ2n) is 15.2. The van der Waals surface area contributed by atoms with E-state index < -0.39 is 58.9 Å². The van der Waals surface area contributed by atoms with E-state index in [1.54, 1.807) is 18.2 Å². The Bertz CT molecular complexity index is 1500. The van der Waals surface area contributed by atoms with Crippen LogP contribution in [0, 0.1) is 5.82 Å². The van der Waals surface area contributed by atoms with Crippen molar-refractivity contribution >= 4 is 62.0 Å². The van der Waals surface area contributed by atoms with Gasteiger partial charge in [-0.25, -0.2) is 17.1 Å². The first-order chi connectivity index (χ1) is 23.7. The van der Waals surface area contributed by atoms with Gasteiger partial charge in [0, 0.05) is 40.4 Å². The molecule has 0 aliphatic carbocycles. The first-order valence-corrected chi connectivity index (χ1v) is 30.2. The lowest BCUT2D eigenvalue weighted by Crippen LogP contribution is -2.41. The molecule has 10 nitrogen and oxygen atoms in total. The highest BCUT2D eigenvalue weighted by atomic mass is 79.9. The summed E-state index contributed by atoms with van der Waals surface area (Å²) in [6.07, 6.45) is 0.529. The molecule has 0 aromatic heterocycles.